The Kier molecular flexibility index (Phi) is 4.92. The first-order valence-corrected chi connectivity index (χ1v) is 9.21. The van der Waals surface area contributed by atoms with E-state index in [1.165, 1.54) is 0 Å². The Hall–Kier alpha value is -3.42. The molecule has 0 spiro atoms. The van der Waals surface area contributed by atoms with Crippen molar-refractivity contribution in [2.24, 2.45) is 0 Å². The predicted octanol–water partition coefficient (Wildman–Crippen LogP) is 2.23. The number of piperazine rings is 1. The van der Waals surface area contributed by atoms with Gasteiger partial charge in [0, 0.05) is 44.0 Å². The molecule has 8 heteroatoms. The van der Waals surface area contributed by atoms with Crippen LogP contribution in [0.25, 0.3) is 11.9 Å². The molecule has 3 aromatic rings. The normalized spacial score (nSPS) is 14.8. The predicted molar refractivity (Wildman–Crippen MR) is 105 cm³/mol. The van der Waals surface area contributed by atoms with E-state index in [2.05, 4.69) is 20.0 Å². The van der Waals surface area contributed by atoms with Crippen LogP contribution in [0.4, 0.5) is 5.82 Å². The third-order valence-electron chi connectivity index (χ3n) is 4.71. The van der Waals surface area contributed by atoms with Crippen LogP contribution in [-0.2, 0) is 4.79 Å². The van der Waals surface area contributed by atoms with Gasteiger partial charge in [0.2, 0.25) is 5.91 Å². The zero-order chi connectivity index (χ0) is 19.5. The van der Waals surface area contributed by atoms with Crippen LogP contribution in [0.2, 0.25) is 0 Å². The van der Waals surface area contributed by atoms with Crippen LogP contribution in [0, 0.1) is 13.8 Å². The summed E-state index contributed by atoms with van der Waals surface area (Å²) in [5, 5.41) is 4.48. The first-order chi connectivity index (χ1) is 13.6. The second-order valence-corrected chi connectivity index (χ2v) is 6.73. The zero-order valence-electron chi connectivity index (χ0n) is 15.9. The molecule has 0 aromatic carbocycles. The standard InChI is InChI=1S/C20H22N6O2/c1-15-12-16(2)26(23-15)19-13-18(21-14-22-19)24-7-9-25(10-8-24)20(27)6-5-17-4-3-11-28-17/h3-6,11-14H,7-10H2,1-2H3/b6-5+. The second kappa shape index (κ2) is 7.67. The van der Waals surface area contributed by atoms with Crippen molar-refractivity contribution in [2.45, 2.75) is 13.8 Å². The van der Waals surface area contributed by atoms with E-state index in [9.17, 15) is 4.79 Å². The highest BCUT2D eigenvalue weighted by Crippen LogP contribution is 2.17. The van der Waals surface area contributed by atoms with Gasteiger partial charge >= 0.3 is 0 Å². The van der Waals surface area contributed by atoms with Crippen LogP contribution in [0.1, 0.15) is 17.1 Å². The fourth-order valence-electron chi connectivity index (χ4n) is 3.29. The SMILES string of the molecule is Cc1cc(C)n(-c2cc(N3CCN(C(=O)/C=C/c4ccco4)CC3)ncn2)n1. The third-order valence-corrected chi connectivity index (χ3v) is 4.71. The van der Waals surface area contributed by atoms with Crippen molar-refractivity contribution in [3.8, 4) is 5.82 Å². The summed E-state index contributed by atoms with van der Waals surface area (Å²) in [7, 11) is 0. The van der Waals surface area contributed by atoms with E-state index in [4.69, 9.17) is 4.42 Å². The Morgan fingerprint density at radius 3 is 2.57 bits per heavy atom. The van der Waals surface area contributed by atoms with E-state index < -0.39 is 0 Å². The van der Waals surface area contributed by atoms with E-state index >= 15 is 0 Å². The van der Waals surface area contributed by atoms with E-state index in [0.717, 1.165) is 23.0 Å². The molecule has 0 saturated carbocycles. The summed E-state index contributed by atoms with van der Waals surface area (Å²) in [5.41, 5.74) is 1.98. The van der Waals surface area contributed by atoms with Gasteiger partial charge in [-0.3, -0.25) is 4.79 Å². The van der Waals surface area contributed by atoms with Crippen molar-refractivity contribution < 1.29 is 9.21 Å². The Morgan fingerprint density at radius 2 is 1.89 bits per heavy atom. The van der Waals surface area contributed by atoms with Gasteiger partial charge in [-0.15, -0.1) is 0 Å². The zero-order valence-corrected chi connectivity index (χ0v) is 15.9. The molecule has 1 aliphatic rings. The van der Waals surface area contributed by atoms with Crippen molar-refractivity contribution in [1.29, 1.82) is 0 Å². The van der Waals surface area contributed by atoms with Gasteiger partial charge in [-0.05, 0) is 38.1 Å². The average molecular weight is 378 g/mol. The Labute approximate surface area is 163 Å². The molecule has 0 atom stereocenters. The monoisotopic (exact) mass is 378 g/mol. The highest BCUT2D eigenvalue weighted by atomic mass is 16.3. The van der Waals surface area contributed by atoms with Crippen molar-refractivity contribution in [3.05, 3.63) is 60.1 Å². The molecule has 4 heterocycles. The fraction of sp³-hybridized carbons (Fsp3) is 0.300. The van der Waals surface area contributed by atoms with Crippen molar-refractivity contribution in [2.75, 3.05) is 31.1 Å². The largest absolute Gasteiger partial charge is 0.465 e. The van der Waals surface area contributed by atoms with Crippen molar-refractivity contribution in [1.82, 2.24) is 24.6 Å². The van der Waals surface area contributed by atoms with Gasteiger partial charge in [0.05, 0.1) is 12.0 Å². The molecule has 3 aromatic heterocycles. The minimum atomic E-state index is -0.0120. The first kappa shape index (κ1) is 18.0. The molecule has 28 heavy (non-hydrogen) atoms. The quantitative estimate of drug-likeness (QED) is 0.648. The summed E-state index contributed by atoms with van der Waals surface area (Å²) in [6, 6.07) is 7.57. The average Bonchev–Trinajstić information content (AvgIpc) is 3.35. The number of hydrogen-bond acceptors (Lipinski definition) is 6. The van der Waals surface area contributed by atoms with Crippen LogP contribution in [0.5, 0.6) is 0 Å². The van der Waals surface area contributed by atoms with Gasteiger partial charge in [0.1, 0.15) is 17.9 Å². The number of aryl methyl sites for hydroxylation is 2. The molecule has 0 radical (unpaired) electrons. The van der Waals surface area contributed by atoms with Gasteiger partial charge in [-0.2, -0.15) is 5.10 Å². The molecule has 1 amide bonds. The maximum Gasteiger partial charge on any atom is 0.246 e. The summed E-state index contributed by atoms with van der Waals surface area (Å²) in [4.78, 5) is 25.1. The number of anilines is 1. The molecular weight excluding hydrogens is 356 g/mol. The van der Waals surface area contributed by atoms with Gasteiger partial charge in [-0.25, -0.2) is 14.6 Å². The Morgan fingerprint density at radius 1 is 1.11 bits per heavy atom. The van der Waals surface area contributed by atoms with Crippen molar-refractivity contribution in [3.63, 3.8) is 0 Å². The van der Waals surface area contributed by atoms with Gasteiger partial charge < -0.3 is 14.2 Å². The Bertz CT molecular complexity index is 984. The summed E-state index contributed by atoms with van der Waals surface area (Å²) in [6.07, 6.45) is 6.40. The number of amides is 1. The third kappa shape index (κ3) is 3.80. The topological polar surface area (TPSA) is 80.3 Å². The van der Waals surface area contributed by atoms with E-state index in [1.54, 1.807) is 30.8 Å². The van der Waals surface area contributed by atoms with Gasteiger partial charge in [-0.1, -0.05) is 0 Å². The fourth-order valence-corrected chi connectivity index (χ4v) is 3.29. The molecule has 144 valence electrons. The molecule has 1 saturated heterocycles. The molecule has 8 nitrogen and oxygen atoms in total. The lowest BCUT2D eigenvalue weighted by molar-refractivity contribution is -0.126. The maximum absolute atomic E-state index is 12.4. The lowest BCUT2D eigenvalue weighted by Gasteiger charge is -2.34. The second-order valence-electron chi connectivity index (χ2n) is 6.73. The maximum atomic E-state index is 12.4. The van der Waals surface area contributed by atoms with Crippen LogP contribution >= 0.6 is 0 Å². The number of aromatic nitrogens is 4. The van der Waals surface area contributed by atoms with E-state index in [-0.39, 0.29) is 5.91 Å². The highest BCUT2D eigenvalue weighted by Gasteiger charge is 2.21. The number of hydrogen-bond donors (Lipinski definition) is 0. The summed E-state index contributed by atoms with van der Waals surface area (Å²) in [6.45, 7) is 6.67. The molecule has 0 bridgehead atoms. The molecular formula is C20H22N6O2. The number of furan rings is 1. The Balaban J connectivity index is 1.40. The van der Waals surface area contributed by atoms with Crippen LogP contribution < -0.4 is 4.90 Å². The van der Waals surface area contributed by atoms with Crippen LogP contribution in [0.3, 0.4) is 0 Å². The molecule has 0 aliphatic carbocycles. The first-order valence-electron chi connectivity index (χ1n) is 9.21. The van der Waals surface area contributed by atoms with Gasteiger partial charge in [0.15, 0.2) is 5.82 Å². The molecule has 1 aliphatic heterocycles. The summed E-state index contributed by atoms with van der Waals surface area (Å²) >= 11 is 0. The summed E-state index contributed by atoms with van der Waals surface area (Å²) < 4.78 is 7.04. The van der Waals surface area contributed by atoms with E-state index in [1.807, 2.05) is 41.6 Å². The number of carbonyl (C=O) groups excluding carboxylic acids is 1. The smallest absolute Gasteiger partial charge is 0.246 e. The van der Waals surface area contributed by atoms with Crippen molar-refractivity contribution >= 4 is 17.8 Å². The van der Waals surface area contributed by atoms with Gasteiger partial charge in [0.25, 0.3) is 0 Å². The number of nitrogens with zero attached hydrogens (tertiary/aromatic N) is 6. The van der Waals surface area contributed by atoms with Crippen LogP contribution in [0.15, 0.2) is 47.3 Å². The van der Waals surface area contributed by atoms with Crippen LogP contribution in [-0.4, -0.2) is 56.7 Å². The molecule has 4 rings (SSSR count). The molecule has 1 fully saturated rings. The molecule has 0 unspecified atom stereocenters. The molecule has 0 N–H and O–H groups in total. The lowest BCUT2D eigenvalue weighted by Crippen LogP contribution is -2.48. The number of carbonyl (C=O) groups is 1. The lowest BCUT2D eigenvalue weighted by atomic mass is 10.3. The van der Waals surface area contributed by atoms with E-state index in [0.29, 0.717) is 31.9 Å². The minimum Gasteiger partial charge on any atom is -0.465 e. The number of rotatable bonds is 4. The summed E-state index contributed by atoms with van der Waals surface area (Å²) in [5.74, 6) is 2.25. The minimum absolute atomic E-state index is 0.0120. The highest BCUT2D eigenvalue weighted by molar-refractivity contribution is 5.91.